The fourth-order valence-electron chi connectivity index (χ4n) is 5.18. The normalized spacial score (nSPS) is 22.3. The minimum Gasteiger partial charge on any atom is -0.466 e. The van der Waals surface area contributed by atoms with Gasteiger partial charge >= 0.3 is 5.97 Å². The second-order valence-corrected chi connectivity index (χ2v) is 10.9. The lowest BCUT2D eigenvalue weighted by atomic mass is 9.92. The van der Waals surface area contributed by atoms with Crippen LogP contribution in [0.5, 0.6) is 0 Å². The SMILES string of the molecule is [2H]C([2H])(COC(C)=O)[C@@H]1O[C@H](COCc2ccccc2)[C@H](OCc2ccccc2)[C@H](OCc2ccccc2)[C@H]1OCc1ccccc1. The van der Waals surface area contributed by atoms with Crippen LogP contribution in [-0.4, -0.2) is 49.7 Å². The Morgan fingerprint density at radius 2 is 1.00 bits per heavy atom. The van der Waals surface area contributed by atoms with E-state index in [1.807, 2.05) is 121 Å². The van der Waals surface area contributed by atoms with Gasteiger partial charge in [-0.05, 0) is 22.3 Å². The molecule has 0 aliphatic carbocycles. The van der Waals surface area contributed by atoms with Gasteiger partial charge in [0.25, 0.3) is 0 Å². The second-order valence-electron chi connectivity index (χ2n) is 10.9. The number of rotatable bonds is 16. The van der Waals surface area contributed by atoms with Crippen LogP contribution in [0.2, 0.25) is 0 Å². The van der Waals surface area contributed by atoms with E-state index in [0.717, 1.165) is 22.3 Å². The predicted molar refractivity (Wildman–Crippen MR) is 171 cm³/mol. The van der Waals surface area contributed by atoms with Gasteiger partial charge in [-0.1, -0.05) is 121 Å². The lowest BCUT2D eigenvalue weighted by Gasteiger charge is -2.46. The second kappa shape index (κ2) is 17.6. The van der Waals surface area contributed by atoms with Crippen molar-refractivity contribution in [2.75, 3.05) is 13.2 Å². The number of hydrogen-bond acceptors (Lipinski definition) is 7. The van der Waals surface area contributed by atoms with Crippen LogP contribution >= 0.6 is 0 Å². The van der Waals surface area contributed by atoms with Crippen molar-refractivity contribution in [3.8, 4) is 0 Å². The van der Waals surface area contributed by atoms with Crippen LogP contribution in [0.1, 0.15) is 38.3 Å². The summed E-state index contributed by atoms with van der Waals surface area (Å²) >= 11 is 0. The van der Waals surface area contributed by atoms with Gasteiger partial charge in [0.2, 0.25) is 0 Å². The molecule has 0 aromatic heterocycles. The number of ether oxygens (including phenoxy) is 6. The van der Waals surface area contributed by atoms with E-state index in [0.29, 0.717) is 6.61 Å². The minimum atomic E-state index is -2.14. The zero-order valence-corrected chi connectivity index (χ0v) is 25.5. The molecule has 1 heterocycles. The number of carbonyl (C=O) groups is 1. The Morgan fingerprint density at radius 1 is 0.600 bits per heavy atom. The summed E-state index contributed by atoms with van der Waals surface area (Å²) in [6.07, 6.45) is -6.47. The van der Waals surface area contributed by atoms with E-state index in [9.17, 15) is 4.79 Å². The Morgan fingerprint density at radius 3 is 1.44 bits per heavy atom. The van der Waals surface area contributed by atoms with Crippen molar-refractivity contribution in [1.29, 1.82) is 0 Å². The quantitative estimate of drug-likeness (QED) is 0.131. The molecule has 0 radical (unpaired) electrons. The summed E-state index contributed by atoms with van der Waals surface area (Å²) in [6.45, 7) is 1.86. The smallest absolute Gasteiger partial charge is 0.302 e. The summed E-state index contributed by atoms with van der Waals surface area (Å²) in [4.78, 5) is 11.8. The van der Waals surface area contributed by atoms with Gasteiger partial charge in [-0.25, -0.2) is 0 Å². The molecule has 0 bridgehead atoms. The maximum Gasteiger partial charge on any atom is 0.302 e. The summed E-state index contributed by atoms with van der Waals surface area (Å²) in [5, 5.41) is 0. The first-order chi connectivity index (χ1) is 22.9. The number of carbonyl (C=O) groups excluding carboxylic acids is 1. The first-order valence-corrected chi connectivity index (χ1v) is 15.3. The highest BCUT2D eigenvalue weighted by Crippen LogP contribution is 2.32. The van der Waals surface area contributed by atoms with Crippen LogP contribution in [0.25, 0.3) is 0 Å². The molecule has 1 aliphatic heterocycles. The zero-order chi connectivity index (χ0) is 32.9. The highest BCUT2D eigenvalue weighted by Gasteiger charge is 2.48. The first-order valence-electron chi connectivity index (χ1n) is 16.3. The van der Waals surface area contributed by atoms with Crippen molar-refractivity contribution < 1.29 is 36.0 Å². The van der Waals surface area contributed by atoms with E-state index in [-0.39, 0.29) is 26.4 Å². The highest BCUT2D eigenvalue weighted by molar-refractivity contribution is 5.65. The van der Waals surface area contributed by atoms with Crippen LogP contribution in [0.3, 0.4) is 0 Å². The predicted octanol–water partition coefficient (Wildman–Crippen LogP) is 6.68. The van der Waals surface area contributed by atoms with E-state index >= 15 is 0 Å². The summed E-state index contributed by atoms with van der Waals surface area (Å²) in [5.74, 6) is -0.588. The number of hydrogen-bond donors (Lipinski definition) is 0. The average molecular weight is 613 g/mol. The topological polar surface area (TPSA) is 72.5 Å². The molecule has 0 N–H and O–H groups in total. The molecule has 4 aromatic rings. The number of benzene rings is 4. The Balaban J connectivity index is 1.48. The van der Waals surface area contributed by atoms with Crippen LogP contribution < -0.4 is 0 Å². The standard InChI is InChI=1S/C38H42O7/c1-29(39)41-23-22-34-36(42-25-31-16-8-3-9-17-31)38(44-27-33-20-12-5-13-21-33)37(43-26-32-18-10-4-11-19-32)35(45-34)28-40-24-30-14-6-2-7-15-30/h2-21,34-38H,22-28H2,1H3/t34-,35+,36-,37-,38+/m0/s1/i22D2. The molecule has 5 atom stereocenters. The summed E-state index contributed by atoms with van der Waals surface area (Å²) in [6, 6.07) is 39.0. The van der Waals surface area contributed by atoms with Gasteiger partial charge in [0.05, 0.1) is 45.7 Å². The molecule has 45 heavy (non-hydrogen) atoms. The van der Waals surface area contributed by atoms with E-state index in [2.05, 4.69) is 0 Å². The first kappa shape index (κ1) is 29.8. The zero-order valence-electron chi connectivity index (χ0n) is 27.5. The third-order valence-electron chi connectivity index (χ3n) is 7.44. The molecule has 1 aliphatic rings. The van der Waals surface area contributed by atoms with Crippen molar-refractivity contribution >= 4 is 5.97 Å². The lowest BCUT2D eigenvalue weighted by Crippen LogP contribution is -2.61. The lowest BCUT2D eigenvalue weighted by molar-refractivity contribution is -0.274. The van der Waals surface area contributed by atoms with Crippen LogP contribution in [-0.2, 0) is 59.6 Å². The molecule has 0 saturated carbocycles. The highest BCUT2D eigenvalue weighted by atomic mass is 16.6. The van der Waals surface area contributed by atoms with Gasteiger partial charge in [0.1, 0.15) is 24.4 Å². The van der Waals surface area contributed by atoms with Crippen LogP contribution in [0.4, 0.5) is 0 Å². The van der Waals surface area contributed by atoms with E-state index in [1.54, 1.807) is 0 Å². The number of esters is 1. The van der Waals surface area contributed by atoms with Crippen molar-refractivity contribution in [1.82, 2.24) is 0 Å². The molecule has 7 heteroatoms. The van der Waals surface area contributed by atoms with Gasteiger partial charge in [-0.15, -0.1) is 0 Å². The van der Waals surface area contributed by atoms with E-state index in [1.165, 1.54) is 6.92 Å². The molecular weight excluding hydrogens is 568 g/mol. The van der Waals surface area contributed by atoms with Crippen LogP contribution in [0, 0.1) is 0 Å². The molecule has 0 spiro atoms. The molecule has 1 saturated heterocycles. The molecule has 7 nitrogen and oxygen atoms in total. The molecular formula is C38H42O7. The van der Waals surface area contributed by atoms with Crippen molar-refractivity contribution in [3.63, 3.8) is 0 Å². The van der Waals surface area contributed by atoms with Gasteiger partial charge in [-0.2, -0.15) is 0 Å². The summed E-state index contributed by atoms with van der Waals surface area (Å²) in [5.41, 5.74) is 3.81. The Hall–Kier alpha value is -3.85. The molecule has 236 valence electrons. The Bertz CT molecular complexity index is 1480. The molecule has 0 unspecified atom stereocenters. The van der Waals surface area contributed by atoms with Crippen LogP contribution in [0.15, 0.2) is 121 Å². The van der Waals surface area contributed by atoms with E-state index in [4.69, 9.17) is 31.2 Å². The third-order valence-corrected chi connectivity index (χ3v) is 7.44. The van der Waals surface area contributed by atoms with Crippen molar-refractivity contribution in [3.05, 3.63) is 144 Å². The fraction of sp³-hybridized carbons (Fsp3) is 0.342. The average Bonchev–Trinajstić information content (AvgIpc) is 3.10. The van der Waals surface area contributed by atoms with Gasteiger partial charge < -0.3 is 28.4 Å². The third kappa shape index (κ3) is 10.3. The van der Waals surface area contributed by atoms with Gasteiger partial charge in [0, 0.05) is 16.0 Å². The minimum absolute atomic E-state index is 0.102. The monoisotopic (exact) mass is 612 g/mol. The summed E-state index contributed by atoms with van der Waals surface area (Å²) in [7, 11) is 0. The Kier molecular flexibility index (Phi) is 11.7. The summed E-state index contributed by atoms with van der Waals surface area (Å²) < 4.78 is 55.9. The van der Waals surface area contributed by atoms with Crippen molar-refractivity contribution in [2.45, 2.75) is 70.2 Å². The van der Waals surface area contributed by atoms with Gasteiger partial charge in [-0.3, -0.25) is 4.79 Å². The Labute approximate surface area is 268 Å². The molecule has 5 rings (SSSR count). The van der Waals surface area contributed by atoms with Crippen molar-refractivity contribution in [2.24, 2.45) is 0 Å². The maximum atomic E-state index is 11.8. The molecule has 4 aromatic carbocycles. The molecule has 0 amide bonds. The maximum absolute atomic E-state index is 11.8. The fourth-order valence-corrected chi connectivity index (χ4v) is 5.18. The molecule has 1 fully saturated rings. The largest absolute Gasteiger partial charge is 0.466 e. The van der Waals surface area contributed by atoms with Gasteiger partial charge in [0.15, 0.2) is 0 Å². The van der Waals surface area contributed by atoms with E-state index < -0.39 is 49.5 Å².